The molecule has 1 aromatic heterocycles. The molecule has 80 valence electrons. The van der Waals surface area contributed by atoms with Crippen molar-refractivity contribution in [3.63, 3.8) is 0 Å². The normalized spacial score (nSPS) is 14.0. The van der Waals surface area contributed by atoms with Gasteiger partial charge in [-0.1, -0.05) is 12.1 Å². The molecule has 15 heavy (non-hydrogen) atoms. The Balaban J connectivity index is 0.000000162. The van der Waals surface area contributed by atoms with Crippen LogP contribution in [-0.4, -0.2) is 27.6 Å². The van der Waals surface area contributed by atoms with E-state index in [9.17, 15) is 4.79 Å². The van der Waals surface area contributed by atoms with Crippen molar-refractivity contribution in [3.05, 3.63) is 42.9 Å². The summed E-state index contributed by atoms with van der Waals surface area (Å²) in [5.74, 6) is 0. The molecule has 1 aliphatic rings. The van der Waals surface area contributed by atoms with Gasteiger partial charge in [-0.25, -0.2) is 4.79 Å². The van der Waals surface area contributed by atoms with Crippen molar-refractivity contribution in [3.8, 4) is 0 Å². The van der Waals surface area contributed by atoms with Crippen molar-refractivity contribution < 1.29 is 9.90 Å². The largest absolute Gasteiger partial charge is 0.465 e. The molecule has 0 saturated carbocycles. The quantitative estimate of drug-likeness (QED) is 0.708. The van der Waals surface area contributed by atoms with Gasteiger partial charge in [-0.15, -0.1) is 0 Å². The summed E-state index contributed by atoms with van der Waals surface area (Å²) in [5.41, 5.74) is 0. The third-order valence-corrected chi connectivity index (χ3v) is 1.87. The Bertz CT molecular complexity index is 285. The van der Waals surface area contributed by atoms with Gasteiger partial charge in [-0.2, -0.15) is 0 Å². The van der Waals surface area contributed by atoms with Crippen LogP contribution in [0.2, 0.25) is 0 Å². The zero-order valence-electron chi connectivity index (χ0n) is 8.41. The van der Waals surface area contributed by atoms with Crippen LogP contribution in [-0.2, 0) is 0 Å². The Morgan fingerprint density at radius 2 is 2.00 bits per heavy atom. The van der Waals surface area contributed by atoms with E-state index in [4.69, 9.17) is 5.11 Å². The Hall–Kier alpha value is -1.84. The van der Waals surface area contributed by atoms with Crippen LogP contribution in [0.4, 0.5) is 4.79 Å². The average molecular weight is 206 g/mol. The monoisotopic (exact) mass is 206 g/mol. The first kappa shape index (κ1) is 11.2. The van der Waals surface area contributed by atoms with E-state index in [-0.39, 0.29) is 0 Å². The fraction of sp³-hybridized carbons (Fsp3) is 0.273. The zero-order valence-corrected chi connectivity index (χ0v) is 8.41. The smallest absolute Gasteiger partial charge is 0.411 e. The SMILES string of the molecule is O=C(O)N1C=CCCC1.c1ccncc1. The van der Waals surface area contributed by atoms with Gasteiger partial charge in [-0.05, 0) is 25.0 Å². The zero-order chi connectivity index (χ0) is 10.9. The highest BCUT2D eigenvalue weighted by atomic mass is 16.4. The molecule has 4 heteroatoms. The highest BCUT2D eigenvalue weighted by Gasteiger charge is 2.08. The molecular formula is C11H14N2O2. The molecule has 0 saturated heterocycles. The van der Waals surface area contributed by atoms with Crippen LogP contribution < -0.4 is 0 Å². The van der Waals surface area contributed by atoms with Gasteiger partial charge in [0.2, 0.25) is 0 Å². The van der Waals surface area contributed by atoms with E-state index in [0.717, 1.165) is 12.8 Å². The fourth-order valence-electron chi connectivity index (χ4n) is 1.13. The van der Waals surface area contributed by atoms with E-state index in [1.807, 2.05) is 24.3 Å². The van der Waals surface area contributed by atoms with Crippen LogP contribution >= 0.6 is 0 Å². The average Bonchev–Trinajstić information content (AvgIpc) is 2.33. The number of rotatable bonds is 0. The van der Waals surface area contributed by atoms with E-state index < -0.39 is 6.09 Å². The van der Waals surface area contributed by atoms with Crippen LogP contribution in [0.25, 0.3) is 0 Å². The number of nitrogens with zero attached hydrogens (tertiary/aromatic N) is 2. The maximum absolute atomic E-state index is 10.2. The molecule has 0 aromatic carbocycles. The summed E-state index contributed by atoms with van der Waals surface area (Å²) in [4.78, 5) is 15.3. The lowest BCUT2D eigenvalue weighted by Crippen LogP contribution is -2.26. The number of carbonyl (C=O) groups is 1. The Labute approximate surface area is 88.9 Å². The molecule has 0 bridgehead atoms. The topological polar surface area (TPSA) is 53.4 Å². The van der Waals surface area contributed by atoms with E-state index in [1.54, 1.807) is 18.6 Å². The lowest BCUT2D eigenvalue weighted by molar-refractivity contribution is 0.161. The van der Waals surface area contributed by atoms with Crippen molar-refractivity contribution in [1.82, 2.24) is 9.88 Å². The summed E-state index contributed by atoms with van der Waals surface area (Å²) in [5, 5.41) is 8.41. The molecule has 2 heterocycles. The Morgan fingerprint density at radius 3 is 2.27 bits per heavy atom. The highest BCUT2D eigenvalue weighted by Crippen LogP contribution is 2.04. The minimum atomic E-state index is -0.856. The van der Waals surface area contributed by atoms with E-state index in [2.05, 4.69) is 4.98 Å². The first-order valence-electron chi connectivity index (χ1n) is 4.82. The summed E-state index contributed by atoms with van der Waals surface area (Å²) in [6.45, 7) is 0.645. The minimum Gasteiger partial charge on any atom is -0.465 e. The van der Waals surface area contributed by atoms with Crippen LogP contribution in [0.15, 0.2) is 42.9 Å². The molecular weight excluding hydrogens is 192 g/mol. The summed E-state index contributed by atoms with van der Waals surface area (Å²) in [6.07, 6.45) is 8.08. The Kier molecular flexibility index (Phi) is 4.94. The first-order valence-corrected chi connectivity index (χ1v) is 4.82. The van der Waals surface area contributed by atoms with Crippen LogP contribution in [0.5, 0.6) is 0 Å². The van der Waals surface area contributed by atoms with E-state index >= 15 is 0 Å². The third kappa shape index (κ3) is 4.81. The van der Waals surface area contributed by atoms with E-state index in [1.165, 1.54) is 4.90 Å². The Morgan fingerprint density at radius 1 is 1.27 bits per heavy atom. The maximum Gasteiger partial charge on any atom is 0.411 e. The van der Waals surface area contributed by atoms with Gasteiger partial charge in [-0.3, -0.25) is 9.88 Å². The molecule has 1 N–H and O–H groups in total. The third-order valence-electron chi connectivity index (χ3n) is 1.87. The number of allylic oxidation sites excluding steroid dienone is 1. The molecule has 0 unspecified atom stereocenters. The molecule has 1 aromatic rings. The van der Waals surface area contributed by atoms with Crippen molar-refractivity contribution in [2.24, 2.45) is 0 Å². The van der Waals surface area contributed by atoms with E-state index in [0.29, 0.717) is 6.54 Å². The summed E-state index contributed by atoms with van der Waals surface area (Å²) in [6, 6.07) is 5.72. The van der Waals surface area contributed by atoms with Crippen molar-refractivity contribution in [2.45, 2.75) is 12.8 Å². The van der Waals surface area contributed by atoms with Gasteiger partial charge in [0, 0.05) is 25.1 Å². The number of hydrogen-bond acceptors (Lipinski definition) is 2. The molecule has 1 amide bonds. The van der Waals surface area contributed by atoms with Gasteiger partial charge < -0.3 is 5.11 Å². The number of amides is 1. The van der Waals surface area contributed by atoms with Crippen molar-refractivity contribution in [2.75, 3.05) is 6.54 Å². The predicted octanol–water partition coefficient (Wildman–Crippen LogP) is 2.36. The number of hydrogen-bond donors (Lipinski definition) is 1. The van der Waals surface area contributed by atoms with Crippen molar-refractivity contribution >= 4 is 6.09 Å². The second-order valence-corrected chi connectivity index (χ2v) is 3.03. The number of pyridine rings is 1. The molecule has 1 aliphatic heterocycles. The van der Waals surface area contributed by atoms with Gasteiger partial charge in [0.05, 0.1) is 0 Å². The minimum absolute atomic E-state index is 0.645. The number of aromatic nitrogens is 1. The first-order chi connectivity index (χ1) is 7.30. The second kappa shape index (κ2) is 6.59. The summed E-state index contributed by atoms with van der Waals surface area (Å²) in [7, 11) is 0. The molecule has 0 aliphatic carbocycles. The van der Waals surface area contributed by atoms with Crippen LogP contribution in [0.1, 0.15) is 12.8 Å². The molecule has 2 rings (SSSR count). The van der Waals surface area contributed by atoms with Crippen molar-refractivity contribution in [1.29, 1.82) is 0 Å². The maximum atomic E-state index is 10.2. The van der Waals surface area contributed by atoms with Gasteiger partial charge >= 0.3 is 6.09 Å². The lowest BCUT2D eigenvalue weighted by Gasteiger charge is -2.16. The fourth-order valence-corrected chi connectivity index (χ4v) is 1.13. The summed E-state index contributed by atoms with van der Waals surface area (Å²) >= 11 is 0. The van der Waals surface area contributed by atoms with Gasteiger partial charge in [0.1, 0.15) is 0 Å². The van der Waals surface area contributed by atoms with Crippen LogP contribution in [0, 0.1) is 0 Å². The second-order valence-electron chi connectivity index (χ2n) is 3.03. The van der Waals surface area contributed by atoms with Crippen LogP contribution in [0.3, 0.4) is 0 Å². The highest BCUT2D eigenvalue weighted by molar-refractivity contribution is 5.66. The lowest BCUT2D eigenvalue weighted by atomic mass is 10.2. The molecule has 0 atom stereocenters. The molecule has 0 radical (unpaired) electrons. The summed E-state index contributed by atoms with van der Waals surface area (Å²) < 4.78 is 0. The molecule has 4 nitrogen and oxygen atoms in total. The van der Waals surface area contributed by atoms with Gasteiger partial charge in [0.15, 0.2) is 0 Å². The standard InChI is InChI=1S/C6H9NO2.C5H5N/c8-6(9)7-4-2-1-3-5-7;1-2-4-6-5-3-1/h2,4H,1,3,5H2,(H,8,9);1-5H. The molecule has 0 spiro atoms. The number of carboxylic acid groups (broad SMARTS) is 1. The molecule has 0 fully saturated rings. The van der Waals surface area contributed by atoms with Gasteiger partial charge in [0.25, 0.3) is 0 Å². The predicted molar refractivity (Wildman–Crippen MR) is 57.3 cm³/mol.